The first-order chi connectivity index (χ1) is 9.72. The van der Waals surface area contributed by atoms with E-state index in [1.165, 1.54) is 0 Å². The largest absolute Gasteiger partial charge is 0.311 e. The van der Waals surface area contributed by atoms with Crippen LogP contribution in [0, 0.1) is 5.92 Å². The molecule has 1 aliphatic rings. The molecule has 0 saturated heterocycles. The van der Waals surface area contributed by atoms with Gasteiger partial charge in [-0.2, -0.15) is 5.10 Å². The zero-order valence-electron chi connectivity index (χ0n) is 11.1. The lowest BCUT2D eigenvalue weighted by Gasteiger charge is -2.24. The highest BCUT2D eigenvalue weighted by atomic mass is 35.5. The van der Waals surface area contributed by atoms with Gasteiger partial charge in [0.2, 0.25) is 5.91 Å². The first-order valence-corrected chi connectivity index (χ1v) is 7.17. The zero-order chi connectivity index (χ0) is 13.9. The highest BCUT2D eigenvalue weighted by molar-refractivity contribution is 6.30. The van der Waals surface area contributed by atoms with Crippen molar-refractivity contribution in [3.63, 3.8) is 0 Å². The van der Waals surface area contributed by atoms with Gasteiger partial charge >= 0.3 is 0 Å². The van der Waals surface area contributed by atoms with Gasteiger partial charge in [-0.3, -0.25) is 4.79 Å². The number of aromatic nitrogens is 2. The van der Waals surface area contributed by atoms with Crippen LogP contribution in [0.3, 0.4) is 0 Å². The van der Waals surface area contributed by atoms with Crippen molar-refractivity contribution in [1.82, 2.24) is 9.78 Å². The summed E-state index contributed by atoms with van der Waals surface area (Å²) in [5.41, 5.74) is 1.09. The summed E-state index contributed by atoms with van der Waals surface area (Å²) in [7, 11) is 0. The van der Waals surface area contributed by atoms with Crippen LogP contribution < -0.4 is 5.32 Å². The molecule has 2 aromatic rings. The minimum Gasteiger partial charge on any atom is -0.311 e. The van der Waals surface area contributed by atoms with Gasteiger partial charge in [0.15, 0.2) is 0 Å². The van der Waals surface area contributed by atoms with Crippen molar-refractivity contribution in [2.45, 2.75) is 25.8 Å². The molecular weight excluding hydrogens is 274 g/mol. The first kappa shape index (κ1) is 13.2. The second kappa shape index (κ2) is 5.67. The Morgan fingerprint density at radius 3 is 2.70 bits per heavy atom. The third-order valence-electron chi connectivity index (χ3n) is 3.69. The number of nitrogens with zero attached hydrogens (tertiary/aromatic N) is 2. The molecule has 5 heteroatoms. The van der Waals surface area contributed by atoms with Gasteiger partial charge in [-0.15, -0.1) is 0 Å². The summed E-state index contributed by atoms with van der Waals surface area (Å²) >= 11 is 5.87. The number of carbonyl (C=O) groups is 1. The normalized spacial score (nSPS) is 14.8. The quantitative estimate of drug-likeness (QED) is 0.938. The number of rotatable bonds is 4. The number of amides is 1. The van der Waals surface area contributed by atoms with E-state index in [2.05, 4.69) is 10.4 Å². The Hall–Kier alpha value is -1.81. The van der Waals surface area contributed by atoms with E-state index in [0.717, 1.165) is 30.6 Å². The fourth-order valence-electron chi connectivity index (χ4n) is 2.23. The third-order valence-corrected chi connectivity index (χ3v) is 3.94. The van der Waals surface area contributed by atoms with Crippen LogP contribution in [0.25, 0.3) is 0 Å². The summed E-state index contributed by atoms with van der Waals surface area (Å²) in [5, 5.41) is 7.93. The molecule has 1 fully saturated rings. The number of halogens is 1. The predicted molar refractivity (Wildman–Crippen MR) is 78.8 cm³/mol. The van der Waals surface area contributed by atoms with Crippen molar-refractivity contribution >= 4 is 23.3 Å². The number of hydrogen-bond donors (Lipinski definition) is 1. The van der Waals surface area contributed by atoms with Crippen LogP contribution in [0.1, 0.15) is 24.8 Å². The molecule has 1 aromatic heterocycles. The zero-order valence-corrected chi connectivity index (χ0v) is 11.8. The van der Waals surface area contributed by atoms with Gasteiger partial charge in [-0.1, -0.05) is 30.2 Å². The van der Waals surface area contributed by atoms with Crippen LogP contribution >= 0.6 is 11.6 Å². The molecule has 0 spiro atoms. The number of benzene rings is 1. The highest BCUT2D eigenvalue weighted by Crippen LogP contribution is 2.27. The minimum absolute atomic E-state index is 0.106. The summed E-state index contributed by atoms with van der Waals surface area (Å²) in [6.45, 7) is 0.616. The summed E-state index contributed by atoms with van der Waals surface area (Å²) in [6, 6.07) is 9.45. The van der Waals surface area contributed by atoms with E-state index in [1.54, 1.807) is 10.9 Å². The maximum Gasteiger partial charge on any atom is 0.228 e. The van der Waals surface area contributed by atoms with Crippen molar-refractivity contribution in [2.24, 2.45) is 5.92 Å². The predicted octanol–water partition coefficient (Wildman–Crippen LogP) is 3.32. The van der Waals surface area contributed by atoms with Gasteiger partial charge in [0.05, 0.1) is 12.7 Å². The van der Waals surface area contributed by atoms with Crippen molar-refractivity contribution in [2.75, 3.05) is 5.32 Å². The van der Waals surface area contributed by atoms with Gasteiger partial charge in [0, 0.05) is 17.0 Å². The van der Waals surface area contributed by atoms with E-state index in [1.807, 2.05) is 30.3 Å². The molecule has 0 radical (unpaired) electrons. The van der Waals surface area contributed by atoms with Crippen molar-refractivity contribution in [1.29, 1.82) is 0 Å². The minimum atomic E-state index is 0.106. The smallest absolute Gasteiger partial charge is 0.228 e. The molecule has 1 amide bonds. The molecule has 1 saturated carbocycles. The van der Waals surface area contributed by atoms with Crippen LogP contribution in [0.15, 0.2) is 36.5 Å². The average Bonchev–Trinajstić information content (AvgIpc) is 2.77. The van der Waals surface area contributed by atoms with Gasteiger partial charge in [-0.25, -0.2) is 4.68 Å². The summed E-state index contributed by atoms with van der Waals surface area (Å²) < 4.78 is 1.79. The molecule has 20 heavy (non-hydrogen) atoms. The Labute approximate surface area is 122 Å². The number of hydrogen-bond acceptors (Lipinski definition) is 2. The van der Waals surface area contributed by atoms with E-state index < -0.39 is 0 Å². The molecule has 0 unspecified atom stereocenters. The van der Waals surface area contributed by atoms with Crippen LogP contribution in [-0.4, -0.2) is 15.7 Å². The maximum atomic E-state index is 12.0. The molecule has 0 aliphatic heterocycles. The van der Waals surface area contributed by atoms with E-state index in [4.69, 9.17) is 11.6 Å². The summed E-state index contributed by atoms with van der Waals surface area (Å²) in [5.74, 6) is 1.03. The lowest BCUT2D eigenvalue weighted by atomic mass is 9.85. The van der Waals surface area contributed by atoms with E-state index >= 15 is 0 Å². The molecule has 1 aromatic carbocycles. The first-order valence-electron chi connectivity index (χ1n) is 6.79. The second-order valence-corrected chi connectivity index (χ2v) is 5.55. The maximum absolute atomic E-state index is 12.0. The Balaban J connectivity index is 1.69. The van der Waals surface area contributed by atoms with Crippen LogP contribution in [0.5, 0.6) is 0 Å². The second-order valence-electron chi connectivity index (χ2n) is 5.12. The lowest BCUT2D eigenvalue weighted by Crippen LogP contribution is -2.29. The summed E-state index contributed by atoms with van der Waals surface area (Å²) in [4.78, 5) is 12.0. The molecule has 4 nitrogen and oxygen atoms in total. The summed E-state index contributed by atoms with van der Waals surface area (Å²) in [6.07, 6.45) is 4.85. The molecule has 0 atom stereocenters. The molecule has 1 aliphatic carbocycles. The molecule has 1 heterocycles. The fraction of sp³-hybridized carbons (Fsp3) is 0.333. The van der Waals surface area contributed by atoms with Crippen LogP contribution in [0.2, 0.25) is 5.02 Å². The SMILES string of the molecule is O=C(Nc1ccnn1Cc1ccc(Cl)cc1)C1CCC1. The fourth-order valence-corrected chi connectivity index (χ4v) is 2.35. The number of anilines is 1. The standard InChI is InChI=1S/C15H16ClN3O/c16-13-6-4-11(5-7-13)10-19-14(8-9-17-19)18-15(20)12-2-1-3-12/h4-9,12H,1-3,10H2,(H,18,20). The average molecular weight is 290 g/mol. The van der Waals surface area contributed by atoms with E-state index in [-0.39, 0.29) is 11.8 Å². The van der Waals surface area contributed by atoms with Gasteiger partial charge < -0.3 is 5.32 Å². The van der Waals surface area contributed by atoms with E-state index in [0.29, 0.717) is 11.6 Å². The van der Waals surface area contributed by atoms with Crippen molar-refractivity contribution in [3.05, 3.63) is 47.1 Å². The molecular formula is C15H16ClN3O. The van der Waals surface area contributed by atoms with Gasteiger partial charge in [-0.05, 0) is 30.5 Å². The van der Waals surface area contributed by atoms with Crippen molar-refractivity contribution in [3.8, 4) is 0 Å². The number of nitrogens with one attached hydrogen (secondary N) is 1. The molecule has 3 rings (SSSR count). The highest BCUT2D eigenvalue weighted by Gasteiger charge is 2.25. The van der Waals surface area contributed by atoms with Crippen molar-refractivity contribution < 1.29 is 4.79 Å². The monoisotopic (exact) mass is 289 g/mol. The lowest BCUT2D eigenvalue weighted by molar-refractivity contribution is -0.122. The Bertz CT molecular complexity index is 602. The molecule has 104 valence electrons. The van der Waals surface area contributed by atoms with Gasteiger partial charge in [0.25, 0.3) is 0 Å². The molecule has 0 bridgehead atoms. The number of carbonyl (C=O) groups excluding carboxylic acids is 1. The van der Waals surface area contributed by atoms with Crippen LogP contribution in [-0.2, 0) is 11.3 Å². The Kier molecular flexibility index (Phi) is 3.74. The third kappa shape index (κ3) is 2.85. The topological polar surface area (TPSA) is 46.9 Å². The van der Waals surface area contributed by atoms with Gasteiger partial charge in [0.1, 0.15) is 5.82 Å². The van der Waals surface area contributed by atoms with Crippen LogP contribution in [0.4, 0.5) is 5.82 Å². The van der Waals surface area contributed by atoms with E-state index in [9.17, 15) is 4.79 Å². The Morgan fingerprint density at radius 2 is 2.05 bits per heavy atom. The Morgan fingerprint density at radius 1 is 1.30 bits per heavy atom. The molecule has 1 N–H and O–H groups in total.